The smallest absolute Gasteiger partial charge is 0.340 e. The van der Waals surface area contributed by atoms with Crippen molar-refractivity contribution in [3.05, 3.63) is 58.6 Å². The second-order valence-electron chi connectivity index (χ2n) is 5.01. The Morgan fingerprint density at radius 2 is 2.14 bits per heavy atom. The number of esters is 1. The van der Waals surface area contributed by atoms with E-state index in [1.165, 1.54) is 0 Å². The molecule has 0 fully saturated rings. The van der Waals surface area contributed by atoms with Crippen LogP contribution in [0.2, 0.25) is 0 Å². The Balaban J connectivity index is 2.18. The molecule has 0 spiro atoms. The molecule has 1 aliphatic rings. The third-order valence-electron chi connectivity index (χ3n) is 3.64. The first kappa shape index (κ1) is 14.2. The summed E-state index contributed by atoms with van der Waals surface area (Å²) < 4.78 is 10.6. The Morgan fingerprint density at radius 1 is 1.41 bits per heavy atom. The van der Waals surface area contributed by atoms with Crippen LogP contribution in [-0.4, -0.2) is 22.8 Å². The molecular weight excluding hydrogens is 282 g/mol. The van der Waals surface area contributed by atoms with Gasteiger partial charge < -0.3 is 15.2 Å². The van der Waals surface area contributed by atoms with Gasteiger partial charge in [-0.15, -0.1) is 5.10 Å². The molecule has 1 atom stereocenters. The third kappa shape index (κ3) is 2.22. The molecule has 6 heteroatoms. The van der Waals surface area contributed by atoms with Crippen molar-refractivity contribution in [2.24, 2.45) is 5.73 Å². The molecule has 1 aromatic heterocycles. The van der Waals surface area contributed by atoms with Crippen LogP contribution in [0.15, 0.2) is 41.8 Å². The number of fused-ring (bicyclic) bond motifs is 1. The number of aryl methyl sites for hydroxylation is 1. The molecule has 0 unspecified atom stereocenters. The summed E-state index contributed by atoms with van der Waals surface area (Å²) in [6.45, 7) is 3.91. The monoisotopic (exact) mass is 299 g/mol. The molecule has 0 aliphatic carbocycles. The molecule has 0 radical (unpaired) electrons. The maximum absolute atomic E-state index is 12.4. The van der Waals surface area contributed by atoms with E-state index in [1.807, 2.05) is 37.3 Å². The van der Waals surface area contributed by atoms with Crippen LogP contribution in [0.4, 0.5) is 0 Å². The quantitative estimate of drug-likeness (QED) is 0.846. The van der Waals surface area contributed by atoms with E-state index in [9.17, 15) is 4.79 Å². The zero-order valence-electron chi connectivity index (χ0n) is 12.4. The highest BCUT2D eigenvalue weighted by atomic mass is 16.5. The predicted molar refractivity (Wildman–Crippen MR) is 80.1 cm³/mol. The van der Waals surface area contributed by atoms with Gasteiger partial charge >= 0.3 is 5.97 Å². The summed E-state index contributed by atoms with van der Waals surface area (Å²) >= 11 is 0. The molecule has 1 aromatic carbocycles. The topological polar surface area (TPSA) is 90.2 Å². The van der Waals surface area contributed by atoms with Crippen LogP contribution in [0, 0.1) is 6.92 Å². The van der Waals surface area contributed by atoms with Crippen LogP contribution < -0.4 is 10.5 Å². The first-order valence-corrected chi connectivity index (χ1v) is 7.07. The van der Waals surface area contributed by atoms with Gasteiger partial charge in [0.1, 0.15) is 5.57 Å². The lowest BCUT2D eigenvalue weighted by Gasteiger charge is -2.26. The van der Waals surface area contributed by atoms with Gasteiger partial charge in [-0.1, -0.05) is 30.3 Å². The molecule has 0 saturated heterocycles. The number of aromatic nitrogens is 2. The van der Waals surface area contributed by atoms with Crippen LogP contribution in [-0.2, 0) is 9.53 Å². The summed E-state index contributed by atoms with van der Waals surface area (Å²) in [7, 11) is 0. The SMILES string of the molecule is CCOC(=O)C1=C(N)Oc2n[nH]c(C)c2[C@H]1c1ccccc1. The number of nitrogens with two attached hydrogens (primary N) is 1. The maximum atomic E-state index is 12.4. The van der Waals surface area contributed by atoms with E-state index in [0.717, 1.165) is 16.8 Å². The number of carbonyl (C=O) groups is 1. The van der Waals surface area contributed by atoms with Crippen LogP contribution in [0.25, 0.3) is 0 Å². The first-order valence-electron chi connectivity index (χ1n) is 7.07. The number of aromatic amines is 1. The summed E-state index contributed by atoms with van der Waals surface area (Å²) in [5.41, 5.74) is 8.85. The number of rotatable bonds is 3. The molecule has 2 heterocycles. The maximum Gasteiger partial charge on any atom is 0.340 e. The molecule has 2 aromatic rings. The van der Waals surface area contributed by atoms with E-state index < -0.39 is 5.97 Å². The fourth-order valence-electron chi connectivity index (χ4n) is 2.69. The molecule has 6 nitrogen and oxygen atoms in total. The Morgan fingerprint density at radius 3 is 2.82 bits per heavy atom. The second kappa shape index (κ2) is 5.55. The normalized spacial score (nSPS) is 16.9. The number of nitrogens with zero attached hydrogens (tertiary/aromatic N) is 1. The molecule has 22 heavy (non-hydrogen) atoms. The van der Waals surface area contributed by atoms with E-state index in [4.69, 9.17) is 15.2 Å². The number of ether oxygens (including phenoxy) is 2. The minimum absolute atomic E-state index is 0.0336. The van der Waals surface area contributed by atoms with Crippen molar-refractivity contribution >= 4 is 5.97 Å². The number of carbonyl (C=O) groups excluding carboxylic acids is 1. The number of hydrogen-bond acceptors (Lipinski definition) is 5. The zero-order valence-corrected chi connectivity index (χ0v) is 12.4. The van der Waals surface area contributed by atoms with Gasteiger partial charge in [0.2, 0.25) is 11.8 Å². The van der Waals surface area contributed by atoms with E-state index in [-0.39, 0.29) is 18.4 Å². The van der Waals surface area contributed by atoms with Gasteiger partial charge in [0.05, 0.1) is 12.5 Å². The molecule has 3 N–H and O–H groups in total. The molecule has 0 amide bonds. The highest BCUT2D eigenvalue weighted by Gasteiger charge is 2.38. The van der Waals surface area contributed by atoms with Crippen molar-refractivity contribution in [3.8, 4) is 5.88 Å². The van der Waals surface area contributed by atoms with Gasteiger partial charge in [-0.25, -0.2) is 4.79 Å². The Kier molecular flexibility index (Phi) is 3.58. The average Bonchev–Trinajstić information content (AvgIpc) is 2.88. The first-order chi connectivity index (χ1) is 10.6. The molecule has 1 aliphatic heterocycles. The Hall–Kier alpha value is -2.76. The van der Waals surface area contributed by atoms with Gasteiger partial charge in [0, 0.05) is 11.3 Å². The van der Waals surface area contributed by atoms with Crippen molar-refractivity contribution in [2.45, 2.75) is 19.8 Å². The van der Waals surface area contributed by atoms with Crippen LogP contribution >= 0.6 is 0 Å². The van der Waals surface area contributed by atoms with E-state index in [2.05, 4.69) is 10.2 Å². The summed E-state index contributed by atoms with van der Waals surface area (Å²) in [6, 6.07) is 9.64. The molecule has 114 valence electrons. The zero-order chi connectivity index (χ0) is 15.7. The van der Waals surface area contributed by atoms with Gasteiger partial charge in [-0.2, -0.15) is 0 Å². The number of benzene rings is 1. The van der Waals surface area contributed by atoms with Gasteiger partial charge in [-0.05, 0) is 19.4 Å². The Bertz CT molecular complexity index is 734. The van der Waals surface area contributed by atoms with Crippen LogP contribution in [0.5, 0.6) is 5.88 Å². The number of H-pyrrole nitrogens is 1. The van der Waals surface area contributed by atoms with E-state index in [1.54, 1.807) is 6.92 Å². The van der Waals surface area contributed by atoms with Crippen molar-refractivity contribution in [1.82, 2.24) is 10.2 Å². The minimum atomic E-state index is -0.472. The third-order valence-corrected chi connectivity index (χ3v) is 3.64. The number of nitrogens with one attached hydrogen (secondary N) is 1. The van der Waals surface area contributed by atoms with Gasteiger partial charge in [0.15, 0.2) is 0 Å². The molecule has 0 saturated carbocycles. The van der Waals surface area contributed by atoms with Crippen molar-refractivity contribution in [2.75, 3.05) is 6.61 Å². The Labute approximate surface area is 127 Å². The fraction of sp³-hybridized carbons (Fsp3) is 0.250. The lowest BCUT2D eigenvalue weighted by atomic mass is 9.83. The van der Waals surface area contributed by atoms with E-state index >= 15 is 0 Å². The van der Waals surface area contributed by atoms with Crippen molar-refractivity contribution < 1.29 is 14.3 Å². The largest absolute Gasteiger partial charge is 0.462 e. The highest BCUT2D eigenvalue weighted by Crippen LogP contribution is 2.43. The summed E-state index contributed by atoms with van der Waals surface area (Å²) in [4.78, 5) is 12.4. The minimum Gasteiger partial charge on any atom is -0.462 e. The second-order valence-corrected chi connectivity index (χ2v) is 5.01. The lowest BCUT2D eigenvalue weighted by molar-refractivity contribution is -0.139. The van der Waals surface area contributed by atoms with Crippen LogP contribution in [0.1, 0.15) is 29.7 Å². The molecular formula is C16H17N3O3. The van der Waals surface area contributed by atoms with Gasteiger partial charge in [-0.3, -0.25) is 5.10 Å². The number of hydrogen-bond donors (Lipinski definition) is 2. The summed E-state index contributed by atoms with van der Waals surface area (Å²) in [6.07, 6.45) is 0. The average molecular weight is 299 g/mol. The summed E-state index contributed by atoms with van der Waals surface area (Å²) in [5, 5.41) is 6.99. The predicted octanol–water partition coefficient (Wildman–Crippen LogP) is 1.98. The summed E-state index contributed by atoms with van der Waals surface area (Å²) in [5.74, 6) is -0.397. The lowest BCUT2D eigenvalue weighted by Crippen LogP contribution is -2.27. The molecule has 3 rings (SSSR count). The fourth-order valence-corrected chi connectivity index (χ4v) is 2.69. The van der Waals surface area contributed by atoms with Crippen LogP contribution in [0.3, 0.4) is 0 Å². The standard InChI is InChI=1S/C16H17N3O3/c1-3-21-16(20)13-12(10-7-5-4-6-8-10)11-9(2)18-19-15(11)22-14(13)17/h4-8,12H,3,17H2,1-2H3,(H,18,19)/t12-/m1/s1. The molecule has 0 bridgehead atoms. The van der Waals surface area contributed by atoms with Crippen molar-refractivity contribution in [1.29, 1.82) is 0 Å². The highest BCUT2D eigenvalue weighted by molar-refractivity contribution is 5.92. The van der Waals surface area contributed by atoms with Crippen molar-refractivity contribution in [3.63, 3.8) is 0 Å². The van der Waals surface area contributed by atoms with Gasteiger partial charge in [0.25, 0.3) is 0 Å². The van der Waals surface area contributed by atoms with E-state index in [0.29, 0.717) is 11.5 Å².